The van der Waals surface area contributed by atoms with Gasteiger partial charge < -0.3 is 10.6 Å². The van der Waals surface area contributed by atoms with Crippen LogP contribution in [0.15, 0.2) is 30.3 Å². The van der Waals surface area contributed by atoms with Gasteiger partial charge in [-0.25, -0.2) is 0 Å². The molecule has 5 heteroatoms. The van der Waals surface area contributed by atoms with Crippen molar-refractivity contribution >= 4 is 28.8 Å². The summed E-state index contributed by atoms with van der Waals surface area (Å²) >= 11 is 1.51. The number of anilines is 1. The zero-order chi connectivity index (χ0) is 17.0. The molecule has 0 fully saturated rings. The molecule has 2 aromatic rings. The molecule has 23 heavy (non-hydrogen) atoms. The number of rotatable bonds is 5. The molecule has 0 aliphatic heterocycles. The molecule has 0 saturated carbocycles. The van der Waals surface area contributed by atoms with Gasteiger partial charge >= 0.3 is 0 Å². The Bertz CT molecular complexity index is 683. The molecule has 1 heterocycles. The van der Waals surface area contributed by atoms with E-state index >= 15 is 0 Å². The maximum Gasteiger partial charge on any atom is 0.261 e. The van der Waals surface area contributed by atoms with Gasteiger partial charge in [-0.3, -0.25) is 9.59 Å². The van der Waals surface area contributed by atoms with Crippen LogP contribution in [0, 0.1) is 19.8 Å². The van der Waals surface area contributed by atoms with Crippen LogP contribution in [-0.2, 0) is 11.3 Å². The summed E-state index contributed by atoms with van der Waals surface area (Å²) in [4.78, 5) is 25.6. The van der Waals surface area contributed by atoms with Gasteiger partial charge in [-0.05, 0) is 43.2 Å². The third-order valence-electron chi connectivity index (χ3n) is 3.59. The third kappa shape index (κ3) is 4.66. The Morgan fingerprint density at radius 2 is 1.78 bits per heavy atom. The molecule has 0 radical (unpaired) electrons. The van der Waals surface area contributed by atoms with E-state index < -0.39 is 0 Å². The number of carbonyl (C=O) groups excluding carboxylic acids is 2. The highest BCUT2D eigenvalue weighted by atomic mass is 32.1. The van der Waals surface area contributed by atoms with E-state index in [1.807, 2.05) is 58.0 Å². The van der Waals surface area contributed by atoms with E-state index in [1.54, 1.807) is 0 Å². The molecule has 2 rings (SSSR count). The van der Waals surface area contributed by atoms with Crippen molar-refractivity contribution in [3.05, 3.63) is 51.2 Å². The summed E-state index contributed by atoms with van der Waals surface area (Å²) in [7, 11) is 0. The Morgan fingerprint density at radius 1 is 1.13 bits per heavy atom. The number of amides is 2. The van der Waals surface area contributed by atoms with E-state index in [0.717, 1.165) is 21.7 Å². The van der Waals surface area contributed by atoms with Crippen LogP contribution in [-0.4, -0.2) is 11.8 Å². The SMILES string of the molecule is Cc1cc(C(=O)NCc2ccc(NC(=O)C(C)C)cc2)sc1C. The predicted octanol–water partition coefficient (Wildman–Crippen LogP) is 3.89. The van der Waals surface area contributed by atoms with Gasteiger partial charge in [0.25, 0.3) is 5.91 Å². The summed E-state index contributed by atoms with van der Waals surface area (Å²) in [6.45, 7) is 8.20. The minimum atomic E-state index is -0.0524. The van der Waals surface area contributed by atoms with E-state index in [9.17, 15) is 9.59 Å². The predicted molar refractivity (Wildman–Crippen MR) is 94.9 cm³/mol. The number of hydrogen-bond acceptors (Lipinski definition) is 3. The molecular weight excluding hydrogens is 308 g/mol. The first-order valence-corrected chi connectivity index (χ1v) is 8.43. The van der Waals surface area contributed by atoms with E-state index in [2.05, 4.69) is 10.6 Å². The summed E-state index contributed by atoms with van der Waals surface area (Å²) in [5.41, 5.74) is 2.90. The Labute approximate surface area is 140 Å². The van der Waals surface area contributed by atoms with Gasteiger partial charge in [-0.1, -0.05) is 26.0 Å². The van der Waals surface area contributed by atoms with Gasteiger partial charge in [0.2, 0.25) is 5.91 Å². The molecule has 0 bridgehead atoms. The highest BCUT2D eigenvalue weighted by Crippen LogP contribution is 2.20. The van der Waals surface area contributed by atoms with Crippen molar-refractivity contribution in [1.82, 2.24) is 5.32 Å². The van der Waals surface area contributed by atoms with Gasteiger partial charge in [0, 0.05) is 23.0 Å². The Hall–Kier alpha value is -2.14. The van der Waals surface area contributed by atoms with Crippen molar-refractivity contribution in [3.63, 3.8) is 0 Å². The van der Waals surface area contributed by atoms with E-state index in [0.29, 0.717) is 6.54 Å². The van der Waals surface area contributed by atoms with Gasteiger partial charge in [0.15, 0.2) is 0 Å². The lowest BCUT2D eigenvalue weighted by Crippen LogP contribution is -2.22. The zero-order valence-electron chi connectivity index (χ0n) is 13.9. The highest BCUT2D eigenvalue weighted by molar-refractivity contribution is 7.14. The maximum absolute atomic E-state index is 12.1. The van der Waals surface area contributed by atoms with Crippen molar-refractivity contribution in [1.29, 1.82) is 0 Å². The summed E-state index contributed by atoms with van der Waals surface area (Å²) in [6.07, 6.45) is 0. The largest absolute Gasteiger partial charge is 0.347 e. The Kier molecular flexibility index (Phi) is 5.55. The van der Waals surface area contributed by atoms with Crippen molar-refractivity contribution in [2.75, 3.05) is 5.32 Å². The number of carbonyl (C=O) groups is 2. The zero-order valence-corrected chi connectivity index (χ0v) is 14.7. The topological polar surface area (TPSA) is 58.2 Å². The lowest BCUT2D eigenvalue weighted by molar-refractivity contribution is -0.118. The molecule has 122 valence electrons. The van der Waals surface area contributed by atoms with E-state index in [1.165, 1.54) is 16.2 Å². The van der Waals surface area contributed by atoms with Crippen molar-refractivity contribution in [2.24, 2.45) is 5.92 Å². The summed E-state index contributed by atoms with van der Waals surface area (Å²) in [6, 6.07) is 9.42. The second kappa shape index (κ2) is 7.42. The van der Waals surface area contributed by atoms with E-state index in [4.69, 9.17) is 0 Å². The molecule has 0 atom stereocenters. The first-order valence-electron chi connectivity index (χ1n) is 7.62. The second-order valence-electron chi connectivity index (χ2n) is 5.87. The van der Waals surface area contributed by atoms with Gasteiger partial charge in [-0.15, -0.1) is 11.3 Å². The molecule has 0 aliphatic rings. The summed E-state index contributed by atoms with van der Waals surface area (Å²) in [5.74, 6) is -0.107. The quantitative estimate of drug-likeness (QED) is 0.874. The fourth-order valence-electron chi connectivity index (χ4n) is 1.95. The Balaban J connectivity index is 1.91. The van der Waals surface area contributed by atoms with Crippen LogP contribution in [0.1, 0.15) is 39.5 Å². The maximum atomic E-state index is 12.1. The number of hydrogen-bond donors (Lipinski definition) is 2. The number of thiophene rings is 1. The van der Waals surface area contributed by atoms with Gasteiger partial charge in [-0.2, -0.15) is 0 Å². The van der Waals surface area contributed by atoms with Crippen LogP contribution in [0.3, 0.4) is 0 Å². The van der Waals surface area contributed by atoms with Gasteiger partial charge in [0.05, 0.1) is 4.88 Å². The van der Waals surface area contributed by atoms with Crippen molar-refractivity contribution < 1.29 is 9.59 Å². The molecule has 0 saturated heterocycles. The summed E-state index contributed by atoms with van der Waals surface area (Å²) < 4.78 is 0. The lowest BCUT2D eigenvalue weighted by atomic mass is 10.1. The smallest absolute Gasteiger partial charge is 0.261 e. The molecule has 2 amide bonds. The molecule has 0 aliphatic carbocycles. The van der Waals surface area contributed by atoms with Crippen LogP contribution in [0.5, 0.6) is 0 Å². The molecule has 2 N–H and O–H groups in total. The molecule has 0 unspecified atom stereocenters. The fraction of sp³-hybridized carbons (Fsp3) is 0.333. The third-order valence-corrected chi connectivity index (χ3v) is 4.74. The lowest BCUT2D eigenvalue weighted by Gasteiger charge is -2.09. The average molecular weight is 330 g/mol. The van der Waals surface area contributed by atoms with Crippen LogP contribution in [0.2, 0.25) is 0 Å². The fourth-order valence-corrected chi connectivity index (χ4v) is 2.90. The number of benzene rings is 1. The van der Waals surface area contributed by atoms with Crippen LogP contribution < -0.4 is 10.6 Å². The van der Waals surface area contributed by atoms with Gasteiger partial charge in [0.1, 0.15) is 0 Å². The average Bonchev–Trinajstić information content (AvgIpc) is 2.85. The second-order valence-corrected chi connectivity index (χ2v) is 7.13. The molecule has 0 spiro atoms. The van der Waals surface area contributed by atoms with Crippen molar-refractivity contribution in [3.8, 4) is 0 Å². The standard InChI is InChI=1S/C18H22N2O2S/c1-11(2)17(21)20-15-7-5-14(6-8-15)10-19-18(22)16-9-12(3)13(4)23-16/h5-9,11H,10H2,1-4H3,(H,19,22)(H,20,21). The van der Waals surface area contributed by atoms with Crippen LogP contribution in [0.4, 0.5) is 5.69 Å². The molecular formula is C18H22N2O2S. The first-order chi connectivity index (χ1) is 10.9. The molecule has 4 nitrogen and oxygen atoms in total. The monoisotopic (exact) mass is 330 g/mol. The van der Waals surface area contributed by atoms with Crippen LogP contribution in [0.25, 0.3) is 0 Å². The normalized spacial score (nSPS) is 10.7. The van der Waals surface area contributed by atoms with Crippen LogP contribution >= 0.6 is 11.3 Å². The number of aryl methyl sites for hydroxylation is 2. The minimum absolute atomic E-state index is 0.00510. The summed E-state index contributed by atoms with van der Waals surface area (Å²) in [5, 5.41) is 5.76. The molecule has 1 aromatic heterocycles. The number of nitrogens with one attached hydrogen (secondary N) is 2. The minimum Gasteiger partial charge on any atom is -0.347 e. The van der Waals surface area contributed by atoms with Crippen molar-refractivity contribution in [2.45, 2.75) is 34.2 Å². The Morgan fingerprint density at radius 3 is 2.30 bits per heavy atom. The first kappa shape index (κ1) is 17.2. The molecule has 1 aromatic carbocycles. The highest BCUT2D eigenvalue weighted by Gasteiger charge is 2.10. The van der Waals surface area contributed by atoms with E-state index in [-0.39, 0.29) is 17.7 Å².